The van der Waals surface area contributed by atoms with Crippen molar-refractivity contribution in [3.05, 3.63) is 231 Å². The van der Waals surface area contributed by atoms with Crippen LogP contribution in [0.5, 0.6) is 0 Å². The predicted molar refractivity (Wildman–Crippen MR) is 266 cm³/mol. The smallest absolute Gasteiger partial charge is 0.0555 e. The Hall–Kier alpha value is -8.12. The van der Waals surface area contributed by atoms with E-state index in [-0.39, 0.29) is 0 Å². The molecule has 8 aromatic carbocycles. The molecule has 4 aromatic heterocycles. The molecule has 12 aromatic rings. The van der Waals surface area contributed by atoms with Crippen LogP contribution in [0.4, 0.5) is 17.1 Å². The molecule has 0 radical (unpaired) electrons. The van der Waals surface area contributed by atoms with Crippen LogP contribution in [0.2, 0.25) is 0 Å². The maximum Gasteiger partial charge on any atom is 0.0555 e. The Morgan fingerprint density at radius 2 is 0.841 bits per heavy atom. The van der Waals surface area contributed by atoms with E-state index in [0.717, 1.165) is 44.9 Å². The standard InChI is InChI=1S/C58H38N4S/c1-3-15-53-50(13-1)51-32-25-44(36-55(51)62(53)54-16-6-18-57-58(54)52-14-2-4-17-56(52)63-57)43-10-5-9-42(35-43)39-19-26-47(27-20-39)61(48-28-21-40(22-29-48)45-11-7-33-59-37-45)49-30-23-41(24-31-49)46-12-8-34-60-38-46/h1-38H. The summed E-state index contributed by atoms with van der Waals surface area (Å²) in [5.41, 5.74) is 16.0. The molecule has 0 atom stereocenters. The molecule has 0 unspecified atom stereocenters. The number of rotatable bonds is 8. The van der Waals surface area contributed by atoms with Crippen LogP contribution in [0.3, 0.4) is 0 Å². The van der Waals surface area contributed by atoms with Crippen molar-refractivity contribution in [2.75, 3.05) is 4.90 Å². The van der Waals surface area contributed by atoms with E-state index in [0.29, 0.717) is 0 Å². The highest BCUT2D eigenvalue weighted by molar-refractivity contribution is 7.25. The van der Waals surface area contributed by atoms with Crippen molar-refractivity contribution in [2.24, 2.45) is 0 Å². The molecule has 0 aliphatic heterocycles. The molecule has 0 fully saturated rings. The van der Waals surface area contributed by atoms with Gasteiger partial charge >= 0.3 is 0 Å². The Balaban J connectivity index is 0.916. The maximum atomic E-state index is 4.34. The van der Waals surface area contributed by atoms with E-state index < -0.39 is 0 Å². The molecule has 0 N–H and O–H groups in total. The molecule has 5 heteroatoms. The summed E-state index contributed by atoms with van der Waals surface area (Å²) in [6, 6.07) is 74.7. The van der Waals surface area contributed by atoms with Crippen molar-refractivity contribution >= 4 is 70.4 Å². The van der Waals surface area contributed by atoms with Crippen molar-refractivity contribution in [2.45, 2.75) is 0 Å². The van der Waals surface area contributed by atoms with Gasteiger partial charge in [-0.15, -0.1) is 11.3 Å². The lowest BCUT2D eigenvalue weighted by Crippen LogP contribution is -2.09. The lowest BCUT2D eigenvalue weighted by Gasteiger charge is -2.26. The predicted octanol–water partition coefficient (Wildman–Crippen LogP) is 16.1. The summed E-state index contributed by atoms with van der Waals surface area (Å²) < 4.78 is 5.09. The van der Waals surface area contributed by atoms with E-state index >= 15 is 0 Å². The van der Waals surface area contributed by atoms with Crippen LogP contribution in [0.15, 0.2) is 231 Å². The van der Waals surface area contributed by atoms with Gasteiger partial charge in [-0.1, -0.05) is 121 Å². The van der Waals surface area contributed by atoms with Gasteiger partial charge in [0.15, 0.2) is 0 Å². The topological polar surface area (TPSA) is 34.0 Å². The Morgan fingerprint density at radius 3 is 1.48 bits per heavy atom. The average molecular weight is 823 g/mol. The average Bonchev–Trinajstić information content (AvgIpc) is 3.91. The summed E-state index contributed by atoms with van der Waals surface area (Å²) in [5.74, 6) is 0. The Bertz CT molecular complexity index is 3510. The van der Waals surface area contributed by atoms with Gasteiger partial charge in [-0.2, -0.15) is 0 Å². The lowest BCUT2D eigenvalue weighted by atomic mass is 9.98. The van der Waals surface area contributed by atoms with Crippen molar-refractivity contribution in [1.82, 2.24) is 14.5 Å². The number of benzene rings is 8. The third kappa shape index (κ3) is 6.54. The van der Waals surface area contributed by atoms with Crippen LogP contribution in [0.1, 0.15) is 0 Å². The first-order chi connectivity index (χ1) is 31.2. The third-order valence-corrected chi connectivity index (χ3v) is 13.3. The second kappa shape index (κ2) is 15.4. The van der Waals surface area contributed by atoms with Crippen LogP contribution < -0.4 is 4.90 Å². The zero-order chi connectivity index (χ0) is 41.7. The first kappa shape index (κ1) is 36.7. The minimum atomic E-state index is 1.07. The number of para-hydroxylation sites is 1. The van der Waals surface area contributed by atoms with Crippen molar-refractivity contribution in [3.63, 3.8) is 0 Å². The third-order valence-electron chi connectivity index (χ3n) is 12.2. The highest BCUT2D eigenvalue weighted by Gasteiger charge is 2.18. The highest BCUT2D eigenvalue weighted by atomic mass is 32.1. The SMILES string of the molecule is c1cncc(-c2ccc(N(c3ccc(-c4cccnc4)cc3)c3ccc(-c4cccc(-c5ccc6c7ccccc7n(-c7cccc8sc9ccccc9c78)c6c5)c4)cc3)cc2)c1. The van der Waals surface area contributed by atoms with Crippen LogP contribution >= 0.6 is 11.3 Å². The van der Waals surface area contributed by atoms with E-state index in [4.69, 9.17) is 0 Å². The van der Waals surface area contributed by atoms with E-state index in [1.165, 1.54) is 64.4 Å². The Kier molecular flexibility index (Phi) is 8.98. The molecule has 0 spiro atoms. The highest BCUT2D eigenvalue weighted by Crippen LogP contribution is 2.43. The van der Waals surface area contributed by atoms with E-state index in [1.54, 1.807) is 0 Å². The van der Waals surface area contributed by atoms with Gasteiger partial charge in [0.25, 0.3) is 0 Å². The second-order valence-corrected chi connectivity index (χ2v) is 17.0. The fourth-order valence-electron chi connectivity index (χ4n) is 9.15. The largest absolute Gasteiger partial charge is 0.311 e. The number of anilines is 3. The number of hydrogen-bond acceptors (Lipinski definition) is 4. The molecule has 0 amide bonds. The minimum Gasteiger partial charge on any atom is -0.311 e. The van der Waals surface area contributed by atoms with Gasteiger partial charge in [-0.3, -0.25) is 9.97 Å². The van der Waals surface area contributed by atoms with Gasteiger partial charge in [-0.05, 0) is 129 Å². The van der Waals surface area contributed by atoms with E-state index in [2.05, 4.69) is 214 Å². The lowest BCUT2D eigenvalue weighted by molar-refractivity contribution is 1.20. The maximum absolute atomic E-state index is 4.34. The Morgan fingerprint density at radius 1 is 0.349 bits per heavy atom. The first-order valence-corrected chi connectivity index (χ1v) is 22.0. The molecular weight excluding hydrogens is 785 g/mol. The zero-order valence-electron chi connectivity index (χ0n) is 34.1. The van der Waals surface area contributed by atoms with Gasteiger partial charge in [0.05, 0.1) is 16.7 Å². The first-order valence-electron chi connectivity index (χ1n) is 21.2. The van der Waals surface area contributed by atoms with Crippen LogP contribution in [0, 0.1) is 0 Å². The van der Waals surface area contributed by atoms with Crippen molar-refractivity contribution in [1.29, 1.82) is 0 Å². The molecule has 12 rings (SSSR count). The number of fused-ring (bicyclic) bond motifs is 6. The minimum absolute atomic E-state index is 1.07. The molecule has 0 bridgehead atoms. The molecule has 4 nitrogen and oxygen atoms in total. The molecule has 0 aliphatic carbocycles. The summed E-state index contributed by atoms with van der Waals surface area (Å²) in [7, 11) is 0. The number of hydrogen-bond donors (Lipinski definition) is 0. The molecule has 296 valence electrons. The fraction of sp³-hybridized carbons (Fsp3) is 0. The number of aromatic nitrogens is 3. The summed E-state index contributed by atoms with van der Waals surface area (Å²) in [5, 5.41) is 5.11. The van der Waals surface area contributed by atoms with Gasteiger partial charge < -0.3 is 9.47 Å². The van der Waals surface area contributed by atoms with Gasteiger partial charge in [-0.25, -0.2) is 0 Å². The molecule has 0 aliphatic rings. The monoisotopic (exact) mass is 822 g/mol. The zero-order valence-corrected chi connectivity index (χ0v) is 35.0. The van der Waals surface area contributed by atoms with Crippen LogP contribution in [0.25, 0.3) is 92.2 Å². The second-order valence-electron chi connectivity index (χ2n) is 15.9. The van der Waals surface area contributed by atoms with Gasteiger partial charge in [0, 0.05) is 72.8 Å². The fourth-order valence-corrected chi connectivity index (χ4v) is 10.3. The van der Waals surface area contributed by atoms with E-state index in [1.807, 2.05) is 48.3 Å². The van der Waals surface area contributed by atoms with Crippen molar-refractivity contribution in [3.8, 4) is 50.2 Å². The molecule has 4 heterocycles. The van der Waals surface area contributed by atoms with Gasteiger partial charge in [0.2, 0.25) is 0 Å². The quantitative estimate of drug-likeness (QED) is 0.153. The molecule has 0 saturated heterocycles. The molecule has 0 saturated carbocycles. The number of pyridine rings is 2. The summed E-state index contributed by atoms with van der Waals surface area (Å²) >= 11 is 1.86. The Labute approximate surface area is 369 Å². The summed E-state index contributed by atoms with van der Waals surface area (Å²) in [6.07, 6.45) is 7.43. The van der Waals surface area contributed by atoms with Gasteiger partial charge in [0.1, 0.15) is 0 Å². The molecule has 63 heavy (non-hydrogen) atoms. The summed E-state index contributed by atoms with van der Waals surface area (Å²) in [6.45, 7) is 0. The van der Waals surface area contributed by atoms with Crippen LogP contribution in [-0.4, -0.2) is 14.5 Å². The summed E-state index contributed by atoms with van der Waals surface area (Å²) in [4.78, 5) is 11.0. The normalized spacial score (nSPS) is 11.5. The van der Waals surface area contributed by atoms with Crippen LogP contribution in [-0.2, 0) is 0 Å². The number of nitrogens with zero attached hydrogens (tertiary/aromatic N) is 4. The number of thiophene rings is 1. The molecular formula is C58H38N4S. The van der Waals surface area contributed by atoms with E-state index in [9.17, 15) is 0 Å². The van der Waals surface area contributed by atoms with Crippen molar-refractivity contribution < 1.29 is 0 Å².